The maximum Gasteiger partial charge on any atom is 0.308 e. The van der Waals surface area contributed by atoms with Gasteiger partial charge in [0.25, 0.3) is 0 Å². The molecule has 0 saturated carbocycles. The fraction of sp³-hybridized carbons (Fsp3) is 0.591. The van der Waals surface area contributed by atoms with Crippen molar-refractivity contribution in [3.05, 3.63) is 48.0 Å². The summed E-state index contributed by atoms with van der Waals surface area (Å²) in [5.74, 6) is -0.362. The van der Waals surface area contributed by atoms with Crippen LogP contribution in [0.4, 0.5) is 0 Å². The standard InChI is InChI=1S/C22H31NO6/c1-3-12-26-16-22(25)11-10-21(23-28-15-17-8-6-5-7-9-17)14-18(24)29-19(21)20(22)27-13-4-2/h5-11,19-20,23,25H,3-4,12-16H2,1-2H3/t19?,20?,21-,22+/m0/s1. The van der Waals surface area contributed by atoms with Gasteiger partial charge in [0, 0.05) is 13.2 Å². The van der Waals surface area contributed by atoms with Crippen molar-refractivity contribution in [3.8, 4) is 0 Å². The number of benzene rings is 1. The molecule has 2 N–H and O–H groups in total. The van der Waals surface area contributed by atoms with Crippen molar-refractivity contribution in [1.29, 1.82) is 0 Å². The number of esters is 1. The molecule has 1 saturated heterocycles. The first-order valence-electron chi connectivity index (χ1n) is 10.3. The van der Waals surface area contributed by atoms with Gasteiger partial charge in [0.2, 0.25) is 0 Å². The predicted octanol–water partition coefficient (Wildman–Crippen LogP) is 2.28. The molecule has 3 rings (SSSR count). The lowest BCUT2D eigenvalue weighted by atomic mass is 9.75. The number of fused-ring (bicyclic) bond motifs is 1. The van der Waals surface area contributed by atoms with Crippen molar-refractivity contribution < 1.29 is 28.9 Å². The summed E-state index contributed by atoms with van der Waals surface area (Å²) < 4.78 is 17.2. The summed E-state index contributed by atoms with van der Waals surface area (Å²) >= 11 is 0. The quantitative estimate of drug-likeness (QED) is 0.253. The van der Waals surface area contributed by atoms with Crippen LogP contribution in [0.25, 0.3) is 0 Å². The highest BCUT2D eigenvalue weighted by Crippen LogP contribution is 2.40. The Kier molecular flexibility index (Phi) is 7.43. The number of nitrogens with one attached hydrogen (secondary N) is 1. The van der Waals surface area contributed by atoms with E-state index in [0.717, 1.165) is 18.4 Å². The highest BCUT2D eigenvalue weighted by molar-refractivity contribution is 5.75. The van der Waals surface area contributed by atoms with Crippen LogP contribution < -0.4 is 5.48 Å². The van der Waals surface area contributed by atoms with Crippen LogP contribution in [-0.2, 0) is 30.4 Å². The zero-order chi connectivity index (χ0) is 20.7. The Morgan fingerprint density at radius 3 is 2.66 bits per heavy atom. The first kappa shape index (κ1) is 21.9. The Morgan fingerprint density at radius 2 is 1.93 bits per heavy atom. The Morgan fingerprint density at radius 1 is 1.17 bits per heavy atom. The van der Waals surface area contributed by atoms with E-state index in [4.69, 9.17) is 19.0 Å². The molecule has 2 unspecified atom stereocenters. The third-order valence-electron chi connectivity index (χ3n) is 5.17. The van der Waals surface area contributed by atoms with Crippen LogP contribution in [0.1, 0.15) is 38.7 Å². The number of aliphatic hydroxyl groups is 1. The zero-order valence-corrected chi connectivity index (χ0v) is 17.1. The van der Waals surface area contributed by atoms with Crippen molar-refractivity contribution in [2.75, 3.05) is 19.8 Å². The van der Waals surface area contributed by atoms with Crippen LogP contribution in [0.5, 0.6) is 0 Å². The lowest BCUT2D eigenvalue weighted by Crippen LogP contribution is -2.65. The van der Waals surface area contributed by atoms with Gasteiger partial charge >= 0.3 is 5.97 Å². The van der Waals surface area contributed by atoms with Gasteiger partial charge in [-0.15, -0.1) is 0 Å². The molecule has 4 atom stereocenters. The smallest absolute Gasteiger partial charge is 0.308 e. The fourth-order valence-corrected chi connectivity index (χ4v) is 3.71. The molecule has 29 heavy (non-hydrogen) atoms. The summed E-state index contributed by atoms with van der Waals surface area (Å²) in [6.07, 6.45) is 3.64. The lowest BCUT2D eigenvalue weighted by molar-refractivity contribution is -0.188. The molecular formula is C22H31NO6. The summed E-state index contributed by atoms with van der Waals surface area (Å²) in [5, 5.41) is 11.2. The van der Waals surface area contributed by atoms with Crippen molar-refractivity contribution >= 4 is 5.97 Å². The highest BCUT2D eigenvalue weighted by Gasteiger charge is 2.60. The number of hydrogen-bond acceptors (Lipinski definition) is 7. The van der Waals surface area contributed by atoms with Crippen LogP contribution >= 0.6 is 0 Å². The summed E-state index contributed by atoms with van der Waals surface area (Å²) in [7, 11) is 0. The normalized spacial score (nSPS) is 30.9. The van der Waals surface area contributed by atoms with E-state index in [1.165, 1.54) is 0 Å². The van der Waals surface area contributed by atoms with Crippen LogP contribution in [-0.4, -0.2) is 54.2 Å². The van der Waals surface area contributed by atoms with Crippen molar-refractivity contribution in [1.82, 2.24) is 5.48 Å². The molecule has 160 valence electrons. The largest absolute Gasteiger partial charge is 0.457 e. The van der Waals surface area contributed by atoms with Gasteiger partial charge in [-0.1, -0.05) is 50.3 Å². The van der Waals surface area contributed by atoms with Crippen molar-refractivity contribution in [2.24, 2.45) is 0 Å². The second-order valence-corrected chi connectivity index (χ2v) is 7.67. The molecule has 1 aromatic rings. The SMILES string of the molecule is CCCOC[C@]1(O)C=C[C@]2(NOCc3ccccc3)CC(=O)OC2C1OCCC. The van der Waals surface area contributed by atoms with E-state index >= 15 is 0 Å². The first-order chi connectivity index (χ1) is 14.0. The molecule has 0 bridgehead atoms. The molecule has 0 radical (unpaired) electrons. The molecule has 0 amide bonds. The number of carbonyl (C=O) groups excluding carboxylic acids is 1. The number of rotatable bonds is 11. The molecule has 2 aliphatic rings. The van der Waals surface area contributed by atoms with Crippen LogP contribution in [0.15, 0.2) is 42.5 Å². The van der Waals surface area contributed by atoms with Gasteiger partial charge in [-0.2, -0.15) is 5.48 Å². The molecule has 0 spiro atoms. The number of hydroxylamine groups is 1. The number of ether oxygens (including phenoxy) is 3. The van der Waals surface area contributed by atoms with Gasteiger partial charge in [0.15, 0.2) is 6.10 Å². The third kappa shape index (κ3) is 5.05. The predicted molar refractivity (Wildman–Crippen MR) is 107 cm³/mol. The average molecular weight is 405 g/mol. The van der Waals surface area contributed by atoms with Gasteiger partial charge in [-0.25, -0.2) is 0 Å². The molecule has 1 fully saturated rings. The molecule has 0 aromatic heterocycles. The minimum absolute atomic E-state index is 0.0702. The van der Waals surface area contributed by atoms with Crippen molar-refractivity contribution in [3.63, 3.8) is 0 Å². The second kappa shape index (κ2) is 9.82. The van der Waals surface area contributed by atoms with Gasteiger partial charge in [-0.05, 0) is 24.5 Å². The Hall–Kier alpha value is -1.77. The first-order valence-corrected chi connectivity index (χ1v) is 10.3. The number of hydrogen-bond donors (Lipinski definition) is 2. The lowest BCUT2D eigenvalue weighted by Gasteiger charge is -2.45. The molecule has 7 heteroatoms. The molecule has 1 heterocycles. The molecule has 7 nitrogen and oxygen atoms in total. The Balaban J connectivity index is 1.78. The third-order valence-corrected chi connectivity index (χ3v) is 5.17. The maximum absolute atomic E-state index is 12.2. The number of carbonyl (C=O) groups is 1. The Bertz CT molecular complexity index is 696. The summed E-state index contributed by atoms with van der Waals surface area (Å²) in [5.41, 5.74) is 1.74. The zero-order valence-electron chi connectivity index (χ0n) is 17.1. The van der Waals surface area contributed by atoms with Crippen LogP contribution in [0.2, 0.25) is 0 Å². The van der Waals surface area contributed by atoms with E-state index in [1.54, 1.807) is 12.2 Å². The fourth-order valence-electron chi connectivity index (χ4n) is 3.71. The van der Waals surface area contributed by atoms with Gasteiger partial charge in [0.05, 0.1) is 19.6 Å². The molecule has 1 aliphatic heterocycles. The summed E-state index contributed by atoms with van der Waals surface area (Å²) in [6.45, 7) is 5.36. The van der Waals surface area contributed by atoms with E-state index in [2.05, 4.69) is 5.48 Å². The van der Waals surface area contributed by atoms with E-state index < -0.39 is 23.3 Å². The summed E-state index contributed by atoms with van der Waals surface area (Å²) in [4.78, 5) is 17.9. The van der Waals surface area contributed by atoms with Crippen molar-refractivity contribution in [2.45, 2.75) is 63.1 Å². The van der Waals surface area contributed by atoms with E-state index in [0.29, 0.717) is 19.8 Å². The van der Waals surface area contributed by atoms with E-state index in [9.17, 15) is 9.90 Å². The van der Waals surface area contributed by atoms with E-state index in [-0.39, 0.29) is 19.0 Å². The second-order valence-electron chi connectivity index (χ2n) is 7.67. The van der Waals surface area contributed by atoms with Gasteiger partial charge in [-0.3, -0.25) is 9.63 Å². The molecular weight excluding hydrogens is 374 g/mol. The average Bonchev–Trinajstić information content (AvgIpc) is 3.05. The topological polar surface area (TPSA) is 86.2 Å². The molecule has 1 aromatic carbocycles. The van der Waals surface area contributed by atoms with Crippen LogP contribution in [0, 0.1) is 0 Å². The Labute approximate surface area is 171 Å². The minimum Gasteiger partial charge on any atom is -0.457 e. The highest BCUT2D eigenvalue weighted by atomic mass is 16.7. The molecule has 1 aliphatic carbocycles. The van der Waals surface area contributed by atoms with E-state index in [1.807, 2.05) is 44.2 Å². The van der Waals surface area contributed by atoms with Gasteiger partial charge < -0.3 is 19.3 Å². The van der Waals surface area contributed by atoms with Gasteiger partial charge in [0.1, 0.15) is 17.2 Å². The van der Waals surface area contributed by atoms with Crippen LogP contribution in [0.3, 0.4) is 0 Å². The summed E-state index contributed by atoms with van der Waals surface area (Å²) in [6, 6.07) is 9.73. The minimum atomic E-state index is -1.38. The maximum atomic E-state index is 12.2. The monoisotopic (exact) mass is 405 g/mol.